The number of carbonyl (C=O) groups is 5. The largest absolute Gasteiger partial charge is 0.481 e. The van der Waals surface area contributed by atoms with Gasteiger partial charge in [0.25, 0.3) is 0 Å². The maximum Gasteiger partial charge on any atom is 0.328 e. The van der Waals surface area contributed by atoms with Crippen molar-refractivity contribution in [2.75, 3.05) is 6.61 Å². The normalized spacial score (nSPS) is 14.4. The van der Waals surface area contributed by atoms with E-state index in [1.807, 2.05) is 0 Å². The molecule has 4 unspecified atom stereocenters. The molecule has 3 amide bonds. The highest BCUT2D eigenvalue weighted by Gasteiger charge is 2.31. The van der Waals surface area contributed by atoms with Gasteiger partial charge in [-0.25, -0.2) is 4.79 Å². The molecule has 12 nitrogen and oxygen atoms in total. The summed E-state index contributed by atoms with van der Waals surface area (Å²) in [6, 6.07) is 3.64. The third-order valence-corrected chi connectivity index (χ3v) is 5.01. The van der Waals surface area contributed by atoms with Crippen LogP contribution in [0.5, 0.6) is 0 Å². The Morgan fingerprint density at radius 3 is 1.88 bits per heavy atom. The Balaban J connectivity index is 3.10. The molecule has 0 aliphatic heterocycles. The van der Waals surface area contributed by atoms with E-state index in [1.54, 1.807) is 44.2 Å². The number of hydrogen-bond donors (Lipinski definition) is 7. The fourth-order valence-electron chi connectivity index (χ4n) is 2.90. The van der Waals surface area contributed by atoms with Crippen LogP contribution in [0.25, 0.3) is 0 Å². The van der Waals surface area contributed by atoms with Gasteiger partial charge in [-0.05, 0) is 17.9 Å². The lowest BCUT2D eigenvalue weighted by atomic mass is 10.0. The van der Waals surface area contributed by atoms with E-state index in [4.69, 9.17) is 21.1 Å². The van der Waals surface area contributed by atoms with E-state index < -0.39 is 66.9 Å². The summed E-state index contributed by atoms with van der Waals surface area (Å²) in [7, 11) is 0. The standard InChI is InChI=1S/C22H32N4O8/c1-12(2)18(23)21(32)25-15(10-13-6-4-3-5-7-13)20(31)24-14(8-9-17(28)29)19(30)26-16(11-27)22(33)34/h3-7,12,14-16,18,27H,8-11,23H2,1-2H3,(H,24,31)(H,25,32)(H,26,30)(H,28,29)(H,33,34). The highest BCUT2D eigenvalue weighted by Crippen LogP contribution is 2.07. The van der Waals surface area contributed by atoms with Crippen molar-refractivity contribution in [2.45, 2.75) is 57.3 Å². The van der Waals surface area contributed by atoms with E-state index in [2.05, 4.69) is 16.0 Å². The Hall–Kier alpha value is -3.51. The molecule has 8 N–H and O–H groups in total. The monoisotopic (exact) mass is 480 g/mol. The van der Waals surface area contributed by atoms with Crippen LogP contribution in [0.1, 0.15) is 32.3 Å². The van der Waals surface area contributed by atoms with Gasteiger partial charge in [0.1, 0.15) is 18.1 Å². The van der Waals surface area contributed by atoms with Gasteiger partial charge in [-0.1, -0.05) is 44.2 Å². The zero-order chi connectivity index (χ0) is 25.8. The number of aliphatic hydroxyl groups is 1. The van der Waals surface area contributed by atoms with Crippen molar-refractivity contribution in [3.8, 4) is 0 Å². The number of carboxylic acid groups (broad SMARTS) is 2. The van der Waals surface area contributed by atoms with Crippen molar-refractivity contribution in [3.05, 3.63) is 35.9 Å². The first-order chi connectivity index (χ1) is 16.0. The van der Waals surface area contributed by atoms with Crippen LogP contribution in [-0.4, -0.2) is 75.8 Å². The van der Waals surface area contributed by atoms with Crippen LogP contribution in [0, 0.1) is 5.92 Å². The molecule has 12 heteroatoms. The second kappa shape index (κ2) is 13.9. The Morgan fingerprint density at radius 2 is 1.38 bits per heavy atom. The second-order valence-electron chi connectivity index (χ2n) is 8.10. The molecule has 34 heavy (non-hydrogen) atoms. The van der Waals surface area contributed by atoms with Gasteiger partial charge in [0.05, 0.1) is 12.6 Å². The number of hydrogen-bond acceptors (Lipinski definition) is 7. The smallest absolute Gasteiger partial charge is 0.328 e. The van der Waals surface area contributed by atoms with Gasteiger partial charge in [0.15, 0.2) is 0 Å². The number of carboxylic acids is 2. The quantitative estimate of drug-likeness (QED) is 0.167. The predicted molar refractivity (Wildman–Crippen MR) is 120 cm³/mol. The minimum Gasteiger partial charge on any atom is -0.481 e. The topological polar surface area (TPSA) is 208 Å². The number of benzene rings is 1. The number of rotatable bonds is 14. The van der Waals surface area contributed by atoms with Crippen LogP contribution >= 0.6 is 0 Å². The molecule has 188 valence electrons. The zero-order valence-corrected chi connectivity index (χ0v) is 19.1. The number of nitrogens with one attached hydrogen (secondary N) is 3. The van der Waals surface area contributed by atoms with Crippen molar-refractivity contribution < 1.29 is 39.3 Å². The summed E-state index contributed by atoms with van der Waals surface area (Å²) in [5, 5.41) is 34.2. The summed E-state index contributed by atoms with van der Waals surface area (Å²) in [6.07, 6.45) is -0.782. The summed E-state index contributed by atoms with van der Waals surface area (Å²) in [5.74, 6) is -5.30. The molecule has 0 saturated heterocycles. The Bertz CT molecular complexity index is 862. The molecular formula is C22H32N4O8. The van der Waals surface area contributed by atoms with E-state index in [0.717, 1.165) is 0 Å². The molecule has 0 aliphatic rings. The number of amides is 3. The number of carbonyl (C=O) groups excluding carboxylic acids is 3. The third kappa shape index (κ3) is 9.55. The lowest BCUT2D eigenvalue weighted by Crippen LogP contribution is -2.58. The fourth-order valence-corrected chi connectivity index (χ4v) is 2.90. The van der Waals surface area contributed by atoms with Crippen molar-refractivity contribution in [3.63, 3.8) is 0 Å². The van der Waals surface area contributed by atoms with Crippen molar-refractivity contribution in [1.29, 1.82) is 0 Å². The van der Waals surface area contributed by atoms with E-state index in [0.29, 0.717) is 5.56 Å². The number of aliphatic carboxylic acids is 2. The van der Waals surface area contributed by atoms with Crippen LogP contribution in [0.2, 0.25) is 0 Å². The Morgan fingerprint density at radius 1 is 0.853 bits per heavy atom. The molecule has 1 aromatic carbocycles. The number of aliphatic hydroxyl groups excluding tert-OH is 1. The molecule has 0 aliphatic carbocycles. The van der Waals surface area contributed by atoms with Gasteiger partial charge in [-0.3, -0.25) is 19.2 Å². The molecule has 0 spiro atoms. The van der Waals surface area contributed by atoms with Crippen LogP contribution in [0.3, 0.4) is 0 Å². The Kier molecular flexibility index (Phi) is 11.7. The summed E-state index contributed by atoms with van der Waals surface area (Å²) in [6.45, 7) is 2.58. The van der Waals surface area contributed by atoms with Crippen molar-refractivity contribution in [2.24, 2.45) is 11.7 Å². The molecule has 0 fully saturated rings. The molecule has 4 atom stereocenters. The van der Waals surface area contributed by atoms with E-state index in [-0.39, 0.29) is 18.8 Å². The molecule has 0 bridgehead atoms. The molecule has 1 rings (SSSR count). The minimum atomic E-state index is -1.64. The van der Waals surface area contributed by atoms with Gasteiger partial charge >= 0.3 is 11.9 Å². The first-order valence-corrected chi connectivity index (χ1v) is 10.7. The van der Waals surface area contributed by atoms with Crippen molar-refractivity contribution in [1.82, 2.24) is 16.0 Å². The second-order valence-corrected chi connectivity index (χ2v) is 8.10. The van der Waals surface area contributed by atoms with Gasteiger partial charge in [0, 0.05) is 12.8 Å². The third-order valence-electron chi connectivity index (χ3n) is 5.01. The highest BCUT2D eigenvalue weighted by atomic mass is 16.4. The SMILES string of the molecule is CC(C)C(N)C(=O)NC(Cc1ccccc1)C(=O)NC(CCC(=O)O)C(=O)NC(CO)C(=O)O. The molecule has 0 saturated carbocycles. The predicted octanol–water partition coefficient (Wildman–Crippen LogP) is -1.39. The van der Waals surface area contributed by atoms with Crippen LogP contribution in [-0.2, 0) is 30.4 Å². The first kappa shape index (κ1) is 28.5. The zero-order valence-electron chi connectivity index (χ0n) is 19.1. The minimum absolute atomic E-state index is 0.0604. The maximum atomic E-state index is 13.1. The van der Waals surface area contributed by atoms with Gasteiger partial charge in [0.2, 0.25) is 17.7 Å². The maximum absolute atomic E-state index is 13.1. The molecular weight excluding hydrogens is 448 g/mol. The van der Waals surface area contributed by atoms with E-state index >= 15 is 0 Å². The summed E-state index contributed by atoms with van der Waals surface area (Å²) in [4.78, 5) is 60.3. The Labute approximate surface area is 196 Å². The van der Waals surface area contributed by atoms with E-state index in [1.165, 1.54) is 0 Å². The average molecular weight is 481 g/mol. The lowest BCUT2D eigenvalue weighted by Gasteiger charge is -2.25. The summed E-state index contributed by atoms with van der Waals surface area (Å²) in [5.41, 5.74) is 6.59. The first-order valence-electron chi connectivity index (χ1n) is 10.7. The van der Waals surface area contributed by atoms with Crippen molar-refractivity contribution >= 4 is 29.7 Å². The van der Waals surface area contributed by atoms with Crippen LogP contribution < -0.4 is 21.7 Å². The lowest BCUT2D eigenvalue weighted by molar-refractivity contribution is -0.144. The highest BCUT2D eigenvalue weighted by molar-refractivity contribution is 5.94. The molecule has 0 radical (unpaired) electrons. The molecule has 0 heterocycles. The summed E-state index contributed by atoms with van der Waals surface area (Å²) >= 11 is 0. The van der Waals surface area contributed by atoms with Gasteiger partial charge < -0.3 is 37.0 Å². The van der Waals surface area contributed by atoms with Gasteiger partial charge in [-0.15, -0.1) is 0 Å². The van der Waals surface area contributed by atoms with Crippen LogP contribution in [0.4, 0.5) is 0 Å². The van der Waals surface area contributed by atoms with E-state index in [9.17, 15) is 24.0 Å². The molecule has 0 aromatic heterocycles. The fraction of sp³-hybridized carbons (Fsp3) is 0.500. The van der Waals surface area contributed by atoms with Crippen LogP contribution in [0.15, 0.2) is 30.3 Å². The number of nitrogens with two attached hydrogens (primary N) is 1. The molecule has 1 aromatic rings. The average Bonchev–Trinajstić information content (AvgIpc) is 2.78. The van der Waals surface area contributed by atoms with Gasteiger partial charge in [-0.2, -0.15) is 0 Å². The summed E-state index contributed by atoms with van der Waals surface area (Å²) < 4.78 is 0.